The lowest BCUT2D eigenvalue weighted by Crippen LogP contribution is -2.38. The van der Waals surface area contributed by atoms with Gasteiger partial charge in [-0.2, -0.15) is 13.2 Å². The van der Waals surface area contributed by atoms with Gasteiger partial charge in [0.2, 0.25) is 11.1 Å². The molecule has 0 saturated heterocycles. The Morgan fingerprint density at radius 3 is 2.64 bits per heavy atom. The summed E-state index contributed by atoms with van der Waals surface area (Å²) in [6.07, 6.45) is -1.16. The van der Waals surface area contributed by atoms with Gasteiger partial charge in [0.1, 0.15) is 18.2 Å². The summed E-state index contributed by atoms with van der Waals surface area (Å²) in [6, 6.07) is 5.82. The van der Waals surface area contributed by atoms with E-state index in [2.05, 4.69) is 15.2 Å². The van der Waals surface area contributed by atoms with Crippen molar-refractivity contribution in [1.29, 1.82) is 0 Å². The van der Waals surface area contributed by atoms with Gasteiger partial charge in [-0.1, -0.05) is 30.0 Å². The molecular formula is C15H14F4N4OS. The van der Waals surface area contributed by atoms with Crippen LogP contribution in [0.2, 0.25) is 0 Å². The van der Waals surface area contributed by atoms with Gasteiger partial charge in [-0.15, -0.1) is 5.10 Å². The van der Waals surface area contributed by atoms with Crippen LogP contribution in [0.25, 0.3) is 12.2 Å². The van der Waals surface area contributed by atoms with Crippen molar-refractivity contribution in [3.05, 3.63) is 41.5 Å². The van der Waals surface area contributed by atoms with Crippen molar-refractivity contribution in [3.8, 4) is 0 Å². The molecule has 1 heterocycles. The molecule has 0 fully saturated rings. The molecule has 1 aromatic carbocycles. The van der Waals surface area contributed by atoms with Crippen molar-refractivity contribution in [3.63, 3.8) is 0 Å². The Hall–Kier alpha value is -2.36. The maximum Gasteiger partial charge on any atom is 0.405 e. The number of nitrogens with zero attached hydrogens (tertiary/aromatic N) is 2. The fraction of sp³-hybridized carbons (Fsp3) is 0.267. The molecule has 2 aromatic rings. The molecule has 5 nitrogen and oxygen atoms in total. The van der Waals surface area contributed by atoms with Gasteiger partial charge in [0.25, 0.3) is 0 Å². The number of halogens is 4. The third-order valence-electron chi connectivity index (χ3n) is 2.90. The quantitative estimate of drug-likeness (QED) is 0.601. The van der Waals surface area contributed by atoms with E-state index >= 15 is 0 Å². The average Bonchev–Trinajstić information content (AvgIpc) is 2.98. The predicted octanol–water partition coefficient (Wildman–Crippen LogP) is 3.27. The third-order valence-corrected chi connectivity index (χ3v) is 3.86. The highest BCUT2D eigenvalue weighted by atomic mass is 32.2. The zero-order chi connectivity index (χ0) is 18.4. The SMILES string of the molecule is C[C@H](Sc1n[nH]c(/C=C/c2ccc(F)cc2)n1)C(=O)NCC(F)(F)F. The van der Waals surface area contributed by atoms with E-state index in [9.17, 15) is 22.4 Å². The number of nitrogens with one attached hydrogen (secondary N) is 2. The Bertz CT molecular complexity index is 743. The molecule has 0 unspecified atom stereocenters. The topological polar surface area (TPSA) is 70.7 Å². The molecule has 0 aliphatic heterocycles. The van der Waals surface area contributed by atoms with Crippen LogP contribution in [-0.4, -0.2) is 39.1 Å². The fourth-order valence-corrected chi connectivity index (χ4v) is 2.43. The first-order valence-electron chi connectivity index (χ1n) is 7.10. The Labute approximate surface area is 144 Å². The minimum Gasteiger partial charge on any atom is -0.346 e. The van der Waals surface area contributed by atoms with Crippen molar-refractivity contribution in [2.75, 3.05) is 6.54 Å². The number of H-pyrrole nitrogens is 1. The first kappa shape index (κ1) is 19.0. The number of hydrogen-bond donors (Lipinski definition) is 2. The van der Waals surface area contributed by atoms with Gasteiger partial charge >= 0.3 is 6.18 Å². The zero-order valence-electron chi connectivity index (χ0n) is 13.0. The van der Waals surface area contributed by atoms with Gasteiger partial charge in [-0.3, -0.25) is 9.89 Å². The number of amides is 1. The maximum atomic E-state index is 12.8. The lowest BCUT2D eigenvalue weighted by Gasteiger charge is -2.11. The number of carbonyl (C=O) groups is 1. The predicted molar refractivity (Wildman–Crippen MR) is 86.1 cm³/mol. The highest BCUT2D eigenvalue weighted by Gasteiger charge is 2.29. The van der Waals surface area contributed by atoms with E-state index < -0.39 is 23.9 Å². The van der Waals surface area contributed by atoms with Gasteiger partial charge in [0, 0.05) is 0 Å². The maximum absolute atomic E-state index is 12.8. The average molecular weight is 374 g/mol. The van der Waals surface area contributed by atoms with E-state index in [0.29, 0.717) is 5.82 Å². The lowest BCUT2D eigenvalue weighted by atomic mass is 10.2. The van der Waals surface area contributed by atoms with Crippen LogP contribution >= 0.6 is 11.8 Å². The summed E-state index contributed by atoms with van der Waals surface area (Å²) in [5.74, 6) is -0.696. The standard InChI is InChI=1S/C15H14F4N4OS/c1-9(13(24)20-8-15(17,18)19)25-14-21-12(22-23-14)7-4-10-2-5-11(16)6-3-10/h2-7,9H,8H2,1H3,(H,20,24)(H,21,22,23)/b7-4+/t9-/m0/s1. The van der Waals surface area contributed by atoms with Crippen LogP contribution in [0, 0.1) is 5.82 Å². The summed E-state index contributed by atoms with van der Waals surface area (Å²) < 4.78 is 49.0. The Kier molecular flexibility index (Phi) is 6.18. The fourth-order valence-electron chi connectivity index (χ4n) is 1.68. The molecule has 134 valence electrons. The first-order valence-corrected chi connectivity index (χ1v) is 7.98. The van der Waals surface area contributed by atoms with Crippen molar-refractivity contribution >= 4 is 29.8 Å². The minimum absolute atomic E-state index is 0.230. The molecule has 0 saturated carbocycles. The van der Waals surface area contributed by atoms with Crippen molar-refractivity contribution in [2.45, 2.75) is 23.5 Å². The molecule has 0 aliphatic rings. The largest absolute Gasteiger partial charge is 0.405 e. The van der Waals surface area contributed by atoms with E-state index in [4.69, 9.17) is 0 Å². The minimum atomic E-state index is -4.46. The molecule has 0 bridgehead atoms. The number of aromatic amines is 1. The second-order valence-electron chi connectivity index (χ2n) is 4.98. The van der Waals surface area contributed by atoms with Gasteiger partial charge < -0.3 is 5.32 Å². The first-order chi connectivity index (χ1) is 11.7. The van der Waals surface area contributed by atoms with Crippen LogP contribution < -0.4 is 5.32 Å². The molecule has 1 amide bonds. The van der Waals surface area contributed by atoms with E-state index in [1.165, 1.54) is 19.1 Å². The summed E-state index contributed by atoms with van der Waals surface area (Å²) in [4.78, 5) is 15.7. The zero-order valence-corrected chi connectivity index (χ0v) is 13.8. The molecule has 0 spiro atoms. The molecule has 25 heavy (non-hydrogen) atoms. The number of benzene rings is 1. The Morgan fingerprint density at radius 2 is 2.00 bits per heavy atom. The Balaban J connectivity index is 1.90. The van der Waals surface area contributed by atoms with Crippen LogP contribution in [0.15, 0.2) is 29.4 Å². The second kappa shape index (κ2) is 8.15. The molecule has 10 heteroatoms. The number of aromatic nitrogens is 3. The van der Waals surface area contributed by atoms with Gasteiger partial charge in [0.05, 0.1) is 5.25 Å². The summed E-state index contributed by atoms with van der Waals surface area (Å²) in [5, 5.41) is 7.77. The molecule has 1 atom stereocenters. The number of rotatable bonds is 6. The highest BCUT2D eigenvalue weighted by molar-refractivity contribution is 8.00. The number of alkyl halides is 3. The van der Waals surface area contributed by atoms with E-state index in [1.54, 1.807) is 29.6 Å². The molecule has 0 aliphatic carbocycles. The van der Waals surface area contributed by atoms with Crippen molar-refractivity contribution in [2.24, 2.45) is 0 Å². The summed E-state index contributed by atoms with van der Waals surface area (Å²) in [7, 11) is 0. The monoisotopic (exact) mass is 374 g/mol. The lowest BCUT2D eigenvalue weighted by molar-refractivity contribution is -0.137. The van der Waals surface area contributed by atoms with Crippen LogP contribution in [0.3, 0.4) is 0 Å². The van der Waals surface area contributed by atoms with E-state index in [0.717, 1.165) is 17.3 Å². The summed E-state index contributed by atoms with van der Waals surface area (Å²) >= 11 is 0.930. The molecule has 0 radical (unpaired) electrons. The summed E-state index contributed by atoms with van der Waals surface area (Å²) in [6.45, 7) is 0.0805. The molecule has 2 rings (SSSR count). The smallest absolute Gasteiger partial charge is 0.346 e. The van der Waals surface area contributed by atoms with Gasteiger partial charge in [-0.25, -0.2) is 9.37 Å². The molecular weight excluding hydrogens is 360 g/mol. The highest BCUT2D eigenvalue weighted by Crippen LogP contribution is 2.20. The number of thioether (sulfide) groups is 1. The number of hydrogen-bond acceptors (Lipinski definition) is 4. The van der Waals surface area contributed by atoms with E-state index in [-0.39, 0.29) is 11.0 Å². The normalized spacial score (nSPS) is 13.2. The van der Waals surface area contributed by atoms with Gasteiger partial charge in [0.15, 0.2) is 0 Å². The number of carbonyl (C=O) groups excluding carboxylic acids is 1. The third kappa shape index (κ3) is 6.57. The van der Waals surface area contributed by atoms with Crippen LogP contribution in [-0.2, 0) is 4.79 Å². The molecule has 1 aromatic heterocycles. The van der Waals surface area contributed by atoms with Crippen molar-refractivity contribution < 1.29 is 22.4 Å². The molecule has 2 N–H and O–H groups in total. The Morgan fingerprint density at radius 1 is 1.32 bits per heavy atom. The van der Waals surface area contributed by atoms with Crippen molar-refractivity contribution in [1.82, 2.24) is 20.5 Å². The van der Waals surface area contributed by atoms with Gasteiger partial charge in [-0.05, 0) is 30.7 Å². The van der Waals surface area contributed by atoms with Crippen LogP contribution in [0.4, 0.5) is 17.6 Å². The van der Waals surface area contributed by atoms with Crippen LogP contribution in [0.5, 0.6) is 0 Å². The van der Waals surface area contributed by atoms with Crippen LogP contribution in [0.1, 0.15) is 18.3 Å². The van der Waals surface area contributed by atoms with E-state index in [1.807, 2.05) is 0 Å². The second-order valence-corrected chi connectivity index (χ2v) is 6.29. The summed E-state index contributed by atoms with van der Waals surface area (Å²) in [5.41, 5.74) is 0.756.